The van der Waals surface area contributed by atoms with E-state index >= 15 is 0 Å². The zero-order chi connectivity index (χ0) is 21.4. The molecule has 2 aliphatic carbocycles. The molecule has 1 saturated heterocycles. The molecule has 3 fully saturated rings. The number of fused-ring (bicyclic) bond motifs is 2. The molecule has 31 heavy (non-hydrogen) atoms. The lowest BCUT2D eigenvalue weighted by Crippen LogP contribution is -2.52. The number of carbonyl (C=O) groups excluding carboxylic acids is 2. The van der Waals surface area contributed by atoms with Gasteiger partial charge in [-0.3, -0.25) is 9.59 Å². The Balaban J connectivity index is 1.28. The molecular formula is C23H28N4O4. The molecule has 2 heterocycles. The summed E-state index contributed by atoms with van der Waals surface area (Å²) in [4.78, 5) is 33.4. The summed E-state index contributed by atoms with van der Waals surface area (Å²) in [5, 5.41) is 4.11. The van der Waals surface area contributed by atoms with Crippen LogP contribution in [0.5, 0.6) is 5.75 Å². The summed E-state index contributed by atoms with van der Waals surface area (Å²) in [6.45, 7) is 4.22. The predicted octanol–water partition coefficient (Wildman–Crippen LogP) is 2.47. The van der Waals surface area contributed by atoms with Gasteiger partial charge in [0, 0.05) is 33.1 Å². The largest absolute Gasteiger partial charge is 0.485 e. The lowest BCUT2D eigenvalue weighted by molar-refractivity contribution is -0.143. The molecule has 2 bridgehead atoms. The first-order valence-electron chi connectivity index (χ1n) is 11.1. The SMILES string of the molecule is CC(=O)N1CCN(C(=O)[C@H]2[C@H]3CC[C@H](C3)[C@@H]2c2nc(COc3ccccc3)no2)CC1. The van der Waals surface area contributed by atoms with E-state index in [0.29, 0.717) is 49.7 Å². The van der Waals surface area contributed by atoms with Gasteiger partial charge >= 0.3 is 0 Å². The van der Waals surface area contributed by atoms with Crippen molar-refractivity contribution in [1.82, 2.24) is 19.9 Å². The average molecular weight is 425 g/mol. The van der Waals surface area contributed by atoms with E-state index in [0.717, 1.165) is 25.0 Å². The molecule has 0 N–H and O–H groups in total. The molecule has 2 amide bonds. The second-order valence-electron chi connectivity index (χ2n) is 8.87. The van der Waals surface area contributed by atoms with Crippen molar-refractivity contribution in [1.29, 1.82) is 0 Å². The van der Waals surface area contributed by atoms with E-state index in [9.17, 15) is 9.59 Å². The smallest absolute Gasteiger partial charge is 0.230 e. The maximum absolute atomic E-state index is 13.5. The number of nitrogens with zero attached hydrogens (tertiary/aromatic N) is 4. The standard InChI is InChI=1S/C23H28N4O4/c1-15(28)26-9-11-27(12-10-26)23(29)21-17-8-7-16(13-17)20(21)22-24-19(25-31-22)14-30-18-5-3-2-4-6-18/h2-6,16-17,20-21H,7-14H2,1H3/t16-,17+,20+,21+/m1/s1. The Hall–Kier alpha value is -2.90. The van der Waals surface area contributed by atoms with Crippen molar-refractivity contribution < 1.29 is 18.8 Å². The number of carbonyl (C=O) groups is 2. The van der Waals surface area contributed by atoms with Gasteiger partial charge < -0.3 is 19.1 Å². The van der Waals surface area contributed by atoms with Crippen molar-refractivity contribution in [2.45, 2.75) is 38.7 Å². The lowest BCUT2D eigenvalue weighted by Gasteiger charge is -2.38. The van der Waals surface area contributed by atoms with Crippen LogP contribution < -0.4 is 4.74 Å². The van der Waals surface area contributed by atoms with Crippen LogP contribution in [0, 0.1) is 17.8 Å². The molecule has 1 aromatic carbocycles. The van der Waals surface area contributed by atoms with Gasteiger partial charge in [0.1, 0.15) is 5.75 Å². The Morgan fingerprint density at radius 3 is 2.52 bits per heavy atom. The number of ether oxygens (including phenoxy) is 1. The molecule has 4 atom stereocenters. The fourth-order valence-electron chi connectivity index (χ4n) is 5.58. The minimum atomic E-state index is -0.106. The topological polar surface area (TPSA) is 88.8 Å². The number of benzene rings is 1. The van der Waals surface area contributed by atoms with Gasteiger partial charge in [0.25, 0.3) is 0 Å². The third-order valence-corrected chi connectivity index (χ3v) is 7.12. The van der Waals surface area contributed by atoms with Crippen LogP contribution in [-0.2, 0) is 16.2 Å². The molecule has 0 spiro atoms. The van der Waals surface area contributed by atoms with Crippen LogP contribution in [-0.4, -0.2) is 57.9 Å². The Bertz CT molecular complexity index is 938. The number of hydrogen-bond donors (Lipinski definition) is 0. The number of piperazine rings is 1. The summed E-state index contributed by atoms with van der Waals surface area (Å²) in [7, 11) is 0. The van der Waals surface area contributed by atoms with E-state index in [1.807, 2.05) is 35.2 Å². The van der Waals surface area contributed by atoms with Crippen LogP contribution in [0.25, 0.3) is 0 Å². The van der Waals surface area contributed by atoms with Gasteiger partial charge in [-0.1, -0.05) is 23.4 Å². The van der Waals surface area contributed by atoms with Gasteiger partial charge in [-0.15, -0.1) is 0 Å². The van der Waals surface area contributed by atoms with E-state index in [1.165, 1.54) is 0 Å². The third-order valence-electron chi connectivity index (χ3n) is 7.12. The minimum absolute atomic E-state index is 0.0185. The van der Waals surface area contributed by atoms with E-state index in [-0.39, 0.29) is 30.3 Å². The maximum atomic E-state index is 13.5. The molecule has 8 nitrogen and oxygen atoms in total. The van der Waals surface area contributed by atoms with Crippen LogP contribution in [0.3, 0.4) is 0 Å². The monoisotopic (exact) mass is 424 g/mol. The second-order valence-corrected chi connectivity index (χ2v) is 8.87. The fourth-order valence-corrected chi connectivity index (χ4v) is 5.58. The van der Waals surface area contributed by atoms with Crippen LogP contribution in [0.4, 0.5) is 0 Å². The normalized spacial score (nSPS) is 27.5. The highest BCUT2D eigenvalue weighted by Gasteiger charge is 2.54. The summed E-state index contributed by atoms with van der Waals surface area (Å²) in [5.41, 5.74) is 0. The van der Waals surface area contributed by atoms with Gasteiger partial charge in [-0.25, -0.2) is 0 Å². The summed E-state index contributed by atoms with van der Waals surface area (Å²) >= 11 is 0. The molecule has 2 saturated carbocycles. The highest BCUT2D eigenvalue weighted by Crippen LogP contribution is 2.56. The summed E-state index contributed by atoms with van der Waals surface area (Å²) in [6, 6.07) is 9.54. The predicted molar refractivity (Wildman–Crippen MR) is 111 cm³/mol. The molecule has 0 unspecified atom stereocenters. The molecule has 5 rings (SSSR count). The summed E-state index contributed by atoms with van der Waals surface area (Å²) < 4.78 is 11.4. The van der Waals surface area contributed by atoms with Gasteiger partial charge in [0.2, 0.25) is 23.5 Å². The summed E-state index contributed by atoms with van der Waals surface area (Å²) in [5.74, 6) is 2.75. The fraction of sp³-hybridized carbons (Fsp3) is 0.565. The third kappa shape index (κ3) is 3.91. The van der Waals surface area contributed by atoms with Gasteiger partial charge in [0.05, 0.1) is 11.8 Å². The van der Waals surface area contributed by atoms with Crippen molar-refractivity contribution >= 4 is 11.8 Å². The molecule has 1 aromatic heterocycles. The molecule has 0 radical (unpaired) electrons. The molecule has 2 aromatic rings. The Morgan fingerprint density at radius 1 is 1.06 bits per heavy atom. The quantitative estimate of drug-likeness (QED) is 0.733. The Labute approximate surface area is 181 Å². The lowest BCUT2D eigenvalue weighted by atomic mass is 9.78. The highest BCUT2D eigenvalue weighted by atomic mass is 16.5. The zero-order valence-corrected chi connectivity index (χ0v) is 17.8. The van der Waals surface area contributed by atoms with Crippen LogP contribution in [0.2, 0.25) is 0 Å². The first kappa shape index (κ1) is 20.0. The number of amides is 2. The van der Waals surface area contributed by atoms with Crippen molar-refractivity contribution in [3.8, 4) is 5.75 Å². The van der Waals surface area contributed by atoms with Crippen molar-refractivity contribution in [2.24, 2.45) is 17.8 Å². The van der Waals surface area contributed by atoms with E-state index in [2.05, 4.69) is 10.1 Å². The van der Waals surface area contributed by atoms with Crippen LogP contribution >= 0.6 is 0 Å². The average Bonchev–Trinajstić information content (AvgIpc) is 3.54. The Morgan fingerprint density at radius 2 is 1.77 bits per heavy atom. The molecule has 164 valence electrons. The molecule has 1 aliphatic heterocycles. The first-order valence-corrected chi connectivity index (χ1v) is 11.1. The molecule has 8 heteroatoms. The van der Waals surface area contributed by atoms with Crippen LogP contribution in [0.15, 0.2) is 34.9 Å². The van der Waals surface area contributed by atoms with Crippen molar-refractivity contribution in [3.05, 3.63) is 42.0 Å². The van der Waals surface area contributed by atoms with Crippen molar-refractivity contribution in [2.75, 3.05) is 26.2 Å². The van der Waals surface area contributed by atoms with Crippen molar-refractivity contribution in [3.63, 3.8) is 0 Å². The highest BCUT2D eigenvalue weighted by molar-refractivity contribution is 5.81. The minimum Gasteiger partial charge on any atom is -0.485 e. The maximum Gasteiger partial charge on any atom is 0.230 e. The zero-order valence-electron chi connectivity index (χ0n) is 17.8. The number of aromatic nitrogens is 2. The van der Waals surface area contributed by atoms with E-state index in [4.69, 9.17) is 9.26 Å². The Kier molecular flexibility index (Phi) is 5.38. The van der Waals surface area contributed by atoms with Crippen LogP contribution in [0.1, 0.15) is 43.8 Å². The van der Waals surface area contributed by atoms with E-state index < -0.39 is 0 Å². The van der Waals surface area contributed by atoms with Gasteiger partial charge in [-0.05, 0) is 43.2 Å². The van der Waals surface area contributed by atoms with Gasteiger partial charge in [-0.2, -0.15) is 4.98 Å². The molecular weight excluding hydrogens is 396 g/mol. The summed E-state index contributed by atoms with van der Waals surface area (Å²) in [6.07, 6.45) is 3.24. The first-order chi connectivity index (χ1) is 15.1. The number of para-hydroxylation sites is 1. The molecule has 3 aliphatic rings. The second kappa shape index (κ2) is 8.32. The number of hydrogen-bond acceptors (Lipinski definition) is 6. The number of rotatable bonds is 5. The van der Waals surface area contributed by atoms with Gasteiger partial charge in [0.15, 0.2) is 6.61 Å². The van der Waals surface area contributed by atoms with E-state index in [1.54, 1.807) is 11.8 Å².